The summed E-state index contributed by atoms with van der Waals surface area (Å²) in [5, 5.41) is 0. The largest absolute Gasteiger partial charge is 0.496 e. The number of benzene rings is 2. The Morgan fingerprint density at radius 1 is 1.19 bits per heavy atom. The number of rotatable bonds is 5. The van der Waals surface area contributed by atoms with Crippen molar-refractivity contribution in [1.82, 2.24) is 0 Å². The fourth-order valence-electron chi connectivity index (χ4n) is 3.07. The average molecular weight is 363 g/mol. The first-order valence-electron chi connectivity index (χ1n) is 8.90. The summed E-state index contributed by atoms with van der Waals surface area (Å²) in [6.07, 6.45) is 7.39. The second kappa shape index (κ2) is 7.31. The lowest BCUT2D eigenvalue weighted by atomic mass is 9.95. The molecule has 2 aromatic rings. The summed E-state index contributed by atoms with van der Waals surface area (Å²) in [5.41, 5.74) is 2.74. The van der Waals surface area contributed by atoms with Crippen molar-refractivity contribution in [2.24, 2.45) is 0 Å². The van der Waals surface area contributed by atoms with Crippen LogP contribution < -0.4 is 14.4 Å². The van der Waals surface area contributed by atoms with E-state index in [0.29, 0.717) is 17.1 Å². The second-order valence-electron chi connectivity index (χ2n) is 7.26. The fraction of sp³-hybridized carbons (Fsp3) is 0.261. The summed E-state index contributed by atoms with van der Waals surface area (Å²) in [6.45, 7) is 3.94. The van der Waals surface area contributed by atoms with Gasteiger partial charge in [-0.2, -0.15) is 0 Å². The number of ketones is 1. The minimum Gasteiger partial charge on any atom is -0.496 e. The number of hydrogen-bond donors (Lipinski definition) is 0. The first-order valence-corrected chi connectivity index (χ1v) is 8.90. The number of hydrogen-bond acceptors (Lipinski definition) is 4. The van der Waals surface area contributed by atoms with E-state index in [4.69, 9.17) is 9.47 Å². The molecule has 0 aliphatic carbocycles. The molecule has 0 spiro atoms. The Bertz CT molecular complexity index is 909. The normalized spacial score (nSPS) is 14.6. The summed E-state index contributed by atoms with van der Waals surface area (Å²) in [4.78, 5) is 15.1. The van der Waals surface area contributed by atoms with Gasteiger partial charge in [0.15, 0.2) is 5.78 Å². The van der Waals surface area contributed by atoms with Crippen LogP contribution in [-0.2, 0) is 0 Å². The Labute approximate surface area is 160 Å². The molecule has 0 N–H and O–H groups in total. The van der Waals surface area contributed by atoms with E-state index in [0.717, 1.165) is 16.8 Å². The monoisotopic (exact) mass is 363 g/mol. The lowest BCUT2D eigenvalue weighted by molar-refractivity contribution is 0.103. The molecule has 0 aromatic heterocycles. The van der Waals surface area contributed by atoms with Crippen molar-refractivity contribution in [3.63, 3.8) is 0 Å². The van der Waals surface area contributed by atoms with Crippen LogP contribution in [0, 0.1) is 0 Å². The summed E-state index contributed by atoms with van der Waals surface area (Å²) in [7, 11) is 5.49. The van der Waals surface area contributed by atoms with Gasteiger partial charge in [-0.15, -0.1) is 0 Å². The van der Waals surface area contributed by atoms with Crippen LogP contribution in [0.1, 0.15) is 35.3 Å². The number of anilines is 1. The van der Waals surface area contributed by atoms with Crippen molar-refractivity contribution < 1.29 is 14.3 Å². The number of allylic oxidation sites excluding steroid dienone is 1. The zero-order valence-electron chi connectivity index (χ0n) is 16.4. The molecule has 2 aromatic carbocycles. The third kappa shape index (κ3) is 3.90. The highest BCUT2D eigenvalue weighted by Crippen LogP contribution is 2.44. The quantitative estimate of drug-likeness (QED) is 0.563. The second-order valence-corrected chi connectivity index (χ2v) is 7.26. The molecule has 0 radical (unpaired) electrons. The molecule has 27 heavy (non-hydrogen) atoms. The lowest BCUT2D eigenvalue weighted by Crippen LogP contribution is -2.29. The van der Waals surface area contributed by atoms with Crippen molar-refractivity contribution in [2.75, 3.05) is 26.1 Å². The Morgan fingerprint density at radius 3 is 2.52 bits per heavy atom. The zero-order valence-corrected chi connectivity index (χ0v) is 16.4. The molecule has 0 atom stereocenters. The molecule has 0 bridgehead atoms. The predicted molar refractivity (Wildman–Crippen MR) is 111 cm³/mol. The van der Waals surface area contributed by atoms with E-state index in [1.807, 2.05) is 81.4 Å². The summed E-state index contributed by atoms with van der Waals surface area (Å²) in [6, 6.07) is 11.6. The van der Waals surface area contributed by atoms with Crippen molar-refractivity contribution >= 4 is 23.6 Å². The summed E-state index contributed by atoms with van der Waals surface area (Å²) < 4.78 is 11.8. The Kier molecular flexibility index (Phi) is 5.08. The van der Waals surface area contributed by atoms with Gasteiger partial charge < -0.3 is 14.4 Å². The highest BCUT2D eigenvalue weighted by molar-refractivity contribution is 6.12. The van der Waals surface area contributed by atoms with E-state index in [-0.39, 0.29) is 5.78 Å². The van der Waals surface area contributed by atoms with Crippen LogP contribution in [0.2, 0.25) is 0 Å². The molecule has 4 heteroatoms. The predicted octanol–water partition coefficient (Wildman–Crippen LogP) is 4.84. The van der Waals surface area contributed by atoms with Gasteiger partial charge in [0.05, 0.1) is 12.8 Å². The number of fused-ring (bicyclic) bond motifs is 1. The minimum atomic E-state index is -0.499. The number of carbonyl (C=O) groups excluding carboxylic acids is 1. The maximum atomic E-state index is 13.1. The third-order valence-electron chi connectivity index (χ3n) is 4.45. The van der Waals surface area contributed by atoms with Gasteiger partial charge in [0.2, 0.25) is 0 Å². The third-order valence-corrected chi connectivity index (χ3v) is 4.45. The minimum absolute atomic E-state index is 0.150. The van der Waals surface area contributed by atoms with Gasteiger partial charge in [0.25, 0.3) is 0 Å². The van der Waals surface area contributed by atoms with Gasteiger partial charge in [-0.05, 0) is 37.6 Å². The molecule has 1 aliphatic rings. The molecule has 0 saturated heterocycles. The van der Waals surface area contributed by atoms with Crippen LogP contribution in [-0.4, -0.2) is 32.6 Å². The fourth-order valence-corrected chi connectivity index (χ4v) is 3.07. The Hall–Kier alpha value is -3.01. The Morgan fingerprint density at radius 2 is 1.89 bits per heavy atom. The highest BCUT2D eigenvalue weighted by atomic mass is 16.5. The lowest BCUT2D eigenvalue weighted by Gasteiger charge is -2.32. The van der Waals surface area contributed by atoms with Crippen molar-refractivity contribution in [3.8, 4) is 11.5 Å². The van der Waals surface area contributed by atoms with Crippen LogP contribution in [0.5, 0.6) is 11.5 Å². The maximum absolute atomic E-state index is 13.1. The highest BCUT2D eigenvalue weighted by Gasteiger charge is 2.30. The van der Waals surface area contributed by atoms with E-state index in [1.165, 1.54) is 0 Å². The van der Waals surface area contributed by atoms with Crippen LogP contribution in [0.4, 0.5) is 5.69 Å². The smallest absolute Gasteiger partial charge is 0.193 e. The van der Waals surface area contributed by atoms with E-state index in [9.17, 15) is 4.79 Å². The van der Waals surface area contributed by atoms with Crippen molar-refractivity contribution in [3.05, 3.63) is 65.2 Å². The molecule has 1 aliphatic heterocycles. The number of methoxy groups -OCH3 is 1. The number of carbonyl (C=O) groups is 1. The van der Waals surface area contributed by atoms with Crippen LogP contribution in [0.25, 0.3) is 12.2 Å². The topological polar surface area (TPSA) is 38.8 Å². The molecular weight excluding hydrogens is 338 g/mol. The first kappa shape index (κ1) is 18.8. The SMILES string of the molecule is COc1cc(N(C)C)c2c(c1C(=O)/C=C/c1ccccc1)OC(C)(C)C=C2. The molecule has 3 rings (SSSR count). The van der Waals surface area contributed by atoms with E-state index in [1.54, 1.807) is 19.3 Å². The number of nitrogens with zero attached hydrogens (tertiary/aromatic N) is 1. The Balaban J connectivity index is 2.13. The van der Waals surface area contributed by atoms with Crippen LogP contribution in [0.3, 0.4) is 0 Å². The van der Waals surface area contributed by atoms with E-state index < -0.39 is 5.60 Å². The molecule has 0 fully saturated rings. The molecule has 0 amide bonds. The van der Waals surface area contributed by atoms with Gasteiger partial charge in [-0.3, -0.25) is 4.79 Å². The summed E-state index contributed by atoms with van der Waals surface area (Å²) in [5.74, 6) is 0.919. The van der Waals surface area contributed by atoms with Gasteiger partial charge in [-0.1, -0.05) is 36.4 Å². The van der Waals surface area contributed by atoms with Crippen LogP contribution in [0.15, 0.2) is 48.6 Å². The average Bonchev–Trinajstić information content (AvgIpc) is 2.64. The maximum Gasteiger partial charge on any atom is 0.193 e. The van der Waals surface area contributed by atoms with Crippen molar-refractivity contribution in [2.45, 2.75) is 19.4 Å². The molecule has 140 valence electrons. The molecule has 4 nitrogen and oxygen atoms in total. The molecule has 1 heterocycles. The molecule has 0 saturated carbocycles. The van der Waals surface area contributed by atoms with Gasteiger partial charge in [0, 0.05) is 25.7 Å². The van der Waals surface area contributed by atoms with Gasteiger partial charge in [0.1, 0.15) is 22.7 Å². The summed E-state index contributed by atoms with van der Waals surface area (Å²) >= 11 is 0. The zero-order chi connectivity index (χ0) is 19.6. The van der Waals surface area contributed by atoms with E-state index >= 15 is 0 Å². The van der Waals surface area contributed by atoms with Crippen molar-refractivity contribution in [1.29, 1.82) is 0 Å². The molecular formula is C23H25NO3. The van der Waals surface area contributed by atoms with Gasteiger partial charge >= 0.3 is 0 Å². The van der Waals surface area contributed by atoms with Gasteiger partial charge in [-0.25, -0.2) is 0 Å². The molecule has 0 unspecified atom stereocenters. The van der Waals surface area contributed by atoms with E-state index in [2.05, 4.69) is 0 Å². The first-order chi connectivity index (χ1) is 12.8. The standard InChI is InChI=1S/C23H25NO3/c1-23(2)14-13-17-18(24(3)4)15-20(26-5)21(22(17)27-23)19(25)12-11-16-9-7-6-8-10-16/h6-15H,1-5H3/b12-11+. The number of ether oxygens (including phenoxy) is 2. The van der Waals surface area contributed by atoms with Crippen LogP contribution >= 0.6 is 0 Å².